The predicted molar refractivity (Wildman–Crippen MR) is 108 cm³/mol. The summed E-state index contributed by atoms with van der Waals surface area (Å²) in [6, 6.07) is 3.41. The molecular weight excluding hydrogens is 402 g/mol. The average Bonchev–Trinajstić information content (AvgIpc) is 2.54. The first-order valence-corrected chi connectivity index (χ1v) is 8.57. The molecule has 0 saturated carbocycles. The lowest BCUT2D eigenvalue weighted by Crippen LogP contribution is -2.34. The van der Waals surface area contributed by atoms with Crippen LogP contribution in [0.1, 0.15) is 31.7 Å². The molecule has 1 saturated heterocycles. The highest BCUT2D eigenvalue weighted by atomic mass is 35.5. The van der Waals surface area contributed by atoms with Crippen molar-refractivity contribution < 1.29 is 18.0 Å². The Morgan fingerprint density at radius 2 is 2.00 bits per heavy atom. The average molecular weight is 430 g/mol. The molecule has 0 aromatic heterocycles. The van der Waals surface area contributed by atoms with Crippen molar-refractivity contribution in [2.75, 3.05) is 37.4 Å². The number of alkyl halides is 3. The summed E-state index contributed by atoms with van der Waals surface area (Å²) >= 11 is 0. The summed E-state index contributed by atoms with van der Waals surface area (Å²) in [5, 5.41) is 6.00. The van der Waals surface area contributed by atoms with Crippen molar-refractivity contribution in [2.45, 2.75) is 32.4 Å². The molecule has 2 atom stereocenters. The largest absolute Gasteiger partial charge is 0.416 e. The van der Waals surface area contributed by atoms with Crippen molar-refractivity contribution in [3.05, 3.63) is 23.8 Å². The van der Waals surface area contributed by atoms with Gasteiger partial charge in [0.05, 0.1) is 16.9 Å². The number of carbonyl (C=O) groups excluding carboxylic acids is 1. The predicted octanol–water partition coefficient (Wildman–Crippen LogP) is 4.58. The molecule has 0 spiro atoms. The van der Waals surface area contributed by atoms with Gasteiger partial charge in [-0.05, 0) is 56.0 Å². The third-order valence-corrected chi connectivity index (χ3v) is 4.73. The summed E-state index contributed by atoms with van der Waals surface area (Å²) < 4.78 is 38.9. The van der Waals surface area contributed by atoms with E-state index in [-0.39, 0.29) is 42.3 Å². The summed E-state index contributed by atoms with van der Waals surface area (Å²) in [4.78, 5) is 14.1. The van der Waals surface area contributed by atoms with Crippen LogP contribution in [0.5, 0.6) is 0 Å². The number of benzene rings is 1. The van der Waals surface area contributed by atoms with E-state index >= 15 is 0 Å². The molecular formula is C18H28Cl2F3N3O. The number of rotatable bonds is 5. The van der Waals surface area contributed by atoms with Crippen LogP contribution >= 0.6 is 24.8 Å². The van der Waals surface area contributed by atoms with Crippen LogP contribution in [0.2, 0.25) is 0 Å². The number of nitrogens with one attached hydrogen (secondary N) is 2. The number of anilines is 2. The molecule has 1 aliphatic heterocycles. The van der Waals surface area contributed by atoms with E-state index in [0.29, 0.717) is 18.0 Å². The van der Waals surface area contributed by atoms with E-state index in [9.17, 15) is 18.0 Å². The number of halogens is 5. The maximum atomic E-state index is 13.0. The zero-order valence-electron chi connectivity index (χ0n) is 15.7. The standard InChI is InChI=1S/C18H26F3N3O.2ClH/c1-12(13-5-4-8-22-11-13)9-17(25)23-15-10-14(18(19,20)21)6-7-16(15)24(2)3;;/h6-7,10,12-13,22H,4-5,8-9,11H2,1-3H3,(H,23,25);2*1H. The molecule has 4 nitrogen and oxygen atoms in total. The minimum atomic E-state index is -4.44. The number of nitrogens with zero attached hydrogens (tertiary/aromatic N) is 1. The molecule has 2 unspecified atom stereocenters. The molecule has 0 bridgehead atoms. The molecule has 27 heavy (non-hydrogen) atoms. The second-order valence-electron chi connectivity index (χ2n) is 6.96. The van der Waals surface area contributed by atoms with Gasteiger partial charge in [0.1, 0.15) is 0 Å². The number of hydrogen-bond donors (Lipinski definition) is 2. The van der Waals surface area contributed by atoms with Crippen molar-refractivity contribution >= 4 is 42.1 Å². The maximum absolute atomic E-state index is 13.0. The van der Waals surface area contributed by atoms with Crippen molar-refractivity contribution in [1.82, 2.24) is 5.32 Å². The Kier molecular flexibility index (Phi) is 10.5. The van der Waals surface area contributed by atoms with Gasteiger partial charge < -0.3 is 15.5 Å². The first-order chi connectivity index (χ1) is 11.7. The van der Waals surface area contributed by atoms with Crippen LogP contribution in [0.25, 0.3) is 0 Å². The molecule has 1 amide bonds. The highest BCUT2D eigenvalue weighted by Gasteiger charge is 2.31. The van der Waals surface area contributed by atoms with Gasteiger partial charge in [-0.25, -0.2) is 0 Å². The highest BCUT2D eigenvalue weighted by molar-refractivity contribution is 5.94. The Balaban J connectivity index is 0.00000338. The van der Waals surface area contributed by atoms with E-state index in [1.165, 1.54) is 6.07 Å². The van der Waals surface area contributed by atoms with E-state index in [2.05, 4.69) is 10.6 Å². The lowest BCUT2D eigenvalue weighted by Gasteiger charge is -2.28. The normalized spacial score (nSPS) is 17.9. The fraction of sp³-hybridized carbons (Fsp3) is 0.611. The molecule has 1 aliphatic rings. The van der Waals surface area contributed by atoms with Crippen molar-refractivity contribution in [3.8, 4) is 0 Å². The highest BCUT2D eigenvalue weighted by Crippen LogP contribution is 2.35. The maximum Gasteiger partial charge on any atom is 0.416 e. The second kappa shape index (κ2) is 11.0. The Labute approximate surface area is 171 Å². The Morgan fingerprint density at radius 1 is 1.33 bits per heavy atom. The number of piperidine rings is 1. The fourth-order valence-corrected chi connectivity index (χ4v) is 3.23. The summed E-state index contributed by atoms with van der Waals surface area (Å²) in [6.45, 7) is 3.92. The van der Waals surface area contributed by atoms with Crippen LogP contribution in [-0.2, 0) is 11.0 Å². The van der Waals surface area contributed by atoms with Crippen LogP contribution in [0.4, 0.5) is 24.5 Å². The zero-order valence-corrected chi connectivity index (χ0v) is 17.4. The molecule has 1 aromatic carbocycles. The smallest absolute Gasteiger partial charge is 0.376 e. The van der Waals surface area contributed by atoms with Crippen molar-refractivity contribution in [2.24, 2.45) is 11.8 Å². The third kappa shape index (κ3) is 7.39. The monoisotopic (exact) mass is 429 g/mol. The van der Waals surface area contributed by atoms with Crippen LogP contribution in [-0.4, -0.2) is 33.1 Å². The molecule has 1 fully saturated rings. The van der Waals surface area contributed by atoms with Gasteiger partial charge in [0, 0.05) is 20.5 Å². The van der Waals surface area contributed by atoms with E-state index in [1.54, 1.807) is 19.0 Å². The van der Waals surface area contributed by atoms with Gasteiger partial charge in [0.15, 0.2) is 0 Å². The minimum Gasteiger partial charge on any atom is -0.376 e. The van der Waals surface area contributed by atoms with Crippen LogP contribution in [0.15, 0.2) is 18.2 Å². The molecule has 9 heteroatoms. The van der Waals surface area contributed by atoms with Crippen molar-refractivity contribution in [3.63, 3.8) is 0 Å². The lowest BCUT2D eigenvalue weighted by atomic mass is 9.85. The number of carbonyl (C=O) groups is 1. The van der Waals surface area contributed by atoms with Gasteiger partial charge in [-0.15, -0.1) is 24.8 Å². The molecule has 156 valence electrons. The van der Waals surface area contributed by atoms with Crippen LogP contribution < -0.4 is 15.5 Å². The number of amides is 1. The van der Waals surface area contributed by atoms with Gasteiger partial charge in [-0.3, -0.25) is 4.79 Å². The number of hydrogen-bond acceptors (Lipinski definition) is 3. The van der Waals surface area contributed by atoms with E-state index < -0.39 is 11.7 Å². The summed E-state index contributed by atoms with van der Waals surface area (Å²) in [5.41, 5.74) is -0.0231. The Hall–Kier alpha value is -1.18. The van der Waals surface area contributed by atoms with Gasteiger partial charge >= 0.3 is 6.18 Å². The van der Waals surface area contributed by atoms with Crippen molar-refractivity contribution in [1.29, 1.82) is 0 Å². The van der Waals surface area contributed by atoms with E-state index in [4.69, 9.17) is 0 Å². The molecule has 2 rings (SSSR count). The van der Waals surface area contributed by atoms with E-state index in [0.717, 1.165) is 38.1 Å². The van der Waals surface area contributed by atoms with Crippen LogP contribution in [0.3, 0.4) is 0 Å². The third-order valence-electron chi connectivity index (χ3n) is 4.73. The molecule has 1 heterocycles. The quantitative estimate of drug-likeness (QED) is 0.719. The minimum absolute atomic E-state index is 0. The zero-order chi connectivity index (χ0) is 18.6. The lowest BCUT2D eigenvalue weighted by molar-refractivity contribution is -0.137. The first kappa shape index (κ1) is 25.8. The second-order valence-corrected chi connectivity index (χ2v) is 6.96. The Morgan fingerprint density at radius 3 is 2.52 bits per heavy atom. The summed E-state index contributed by atoms with van der Waals surface area (Å²) in [6.07, 6.45) is -1.97. The summed E-state index contributed by atoms with van der Waals surface area (Å²) in [7, 11) is 3.46. The Bertz CT molecular complexity index is 606. The topological polar surface area (TPSA) is 44.4 Å². The molecule has 2 N–H and O–H groups in total. The van der Waals surface area contributed by atoms with Gasteiger partial charge in [-0.2, -0.15) is 13.2 Å². The summed E-state index contributed by atoms with van der Waals surface area (Å²) in [5.74, 6) is 0.358. The molecule has 0 radical (unpaired) electrons. The van der Waals surface area contributed by atoms with Gasteiger partial charge in [0.25, 0.3) is 0 Å². The van der Waals surface area contributed by atoms with Crippen LogP contribution in [0, 0.1) is 11.8 Å². The molecule has 1 aromatic rings. The van der Waals surface area contributed by atoms with Gasteiger partial charge in [0.2, 0.25) is 5.91 Å². The van der Waals surface area contributed by atoms with E-state index in [1.807, 2.05) is 6.92 Å². The SMILES string of the molecule is CC(CC(=O)Nc1cc(C(F)(F)F)ccc1N(C)C)C1CCCNC1.Cl.Cl. The first-order valence-electron chi connectivity index (χ1n) is 8.57. The fourth-order valence-electron chi connectivity index (χ4n) is 3.23. The molecule has 0 aliphatic carbocycles. The van der Waals surface area contributed by atoms with Gasteiger partial charge in [-0.1, -0.05) is 6.92 Å².